The van der Waals surface area contributed by atoms with Gasteiger partial charge in [-0.3, -0.25) is 0 Å². The van der Waals surface area contributed by atoms with Crippen LogP contribution in [0.4, 0.5) is 11.6 Å². The molecule has 3 heterocycles. The average molecular weight is 580 g/mol. The molecule has 1 aliphatic heterocycles. The standard InChI is InChI=1S/C40H23N3O2/c1-2-13-25(14-3-1)37-29-18-8-10-20-31(29)41-40(42-37)43-38-35(34-26-15-5-4-12-24(26)22-23-33(34)45-43)27-16-6-7-17-28(27)39-36(38)30-19-9-11-21-32(30)44-39/h1-23H/i21D,23D. The van der Waals surface area contributed by atoms with Crippen molar-refractivity contribution < 1.29 is 12.0 Å². The highest BCUT2D eigenvalue weighted by molar-refractivity contribution is 6.28. The van der Waals surface area contributed by atoms with Gasteiger partial charge < -0.3 is 9.25 Å². The maximum Gasteiger partial charge on any atom is 0.265 e. The molecule has 1 aliphatic rings. The normalized spacial score (nSPS) is 13.2. The molecule has 0 bridgehead atoms. The van der Waals surface area contributed by atoms with E-state index < -0.39 is 0 Å². The van der Waals surface area contributed by atoms with Crippen molar-refractivity contribution in [3.05, 3.63) is 139 Å². The number of para-hydroxylation sites is 2. The molecule has 0 saturated heterocycles. The van der Waals surface area contributed by atoms with Gasteiger partial charge in [-0.05, 0) is 34.3 Å². The molecule has 7 aromatic carbocycles. The van der Waals surface area contributed by atoms with Crippen LogP contribution in [0.3, 0.4) is 0 Å². The van der Waals surface area contributed by atoms with Gasteiger partial charge in [0.25, 0.3) is 5.95 Å². The van der Waals surface area contributed by atoms with Crippen molar-refractivity contribution in [1.29, 1.82) is 0 Å². The Morgan fingerprint density at radius 3 is 2.18 bits per heavy atom. The van der Waals surface area contributed by atoms with Crippen LogP contribution in [0.5, 0.6) is 5.75 Å². The fourth-order valence-electron chi connectivity index (χ4n) is 6.77. The van der Waals surface area contributed by atoms with E-state index in [4.69, 9.17) is 20.6 Å². The third kappa shape index (κ3) is 3.43. The Morgan fingerprint density at radius 2 is 1.29 bits per heavy atom. The first-order valence-corrected chi connectivity index (χ1v) is 14.9. The van der Waals surface area contributed by atoms with E-state index in [0.29, 0.717) is 34.6 Å². The molecule has 0 unspecified atom stereocenters. The molecule has 0 radical (unpaired) electrons. The Balaban J connectivity index is 1.42. The fourth-order valence-corrected chi connectivity index (χ4v) is 6.77. The first-order valence-electron chi connectivity index (χ1n) is 15.9. The van der Waals surface area contributed by atoms with Gasteiger partial charge in [0, 0.05) is 32.8 Å². The fraction of sp³-hybridized carbons (Fsp3) is 0. The van der Waals surface area contributed by atoms with Gasteiger partial charge in [0.15, 0.2) is 5.75 Å². The Kier molecular flexibility index (Phi) is 4.54. The number of nitrogens with zero attached hydrogens (tertiary/aromatic N) is 3. The summed E-state index contributed by atoms with van der Waals surface area (Å²) >= 11 is 0. The molecular formula is C40H23N3O2. The van der Waals surface area contributed by atoms with Crippen LogP contribution >= 0.6 is 0 Å². The van der Waals surface area contributed by atoms with E-state index in [1.807, 2.05) is 103 Å². The van der Waals surface area contributed by atoms with E-state index in [2.05, 4.69) is 18.2 Å². The molecule has 0 fully saturated rings. The molecule has 210 valence electrons. The summed E-state index contributed by atoms with van der Waals surface area (Å²) < 4.78 is 24.5. The van der Waals surface area contributed by atoms with Crippen LogP contribution in [0.2, 0.25) is 0 Å². The Morgan fingerprint density at radius 1 is 0.578 bits per heavy atom. The Hall–Kier alpha value is -6.20. The SMILES string of the molecule is [2H]c1cc2ccccc2c2c1ON(c1nc(-c3ccccc3)c3ccccc3n1)c1c-2c2ccccc2c2oc3c([2H])cccc3c12. The van der Waals surface area contributed by atoms with Gasteiger partial charge in [-0.2, -0.15) is 0 Å². The van der Waals surface area contributed by atoms with Crippen LogP contribution in [0, 0.1) is 0 Å². The summed E-state index contributed by atoms with van der Waals surface area (Å²) in [4.78, 5) is 17.1. The highest BCUT2D eigenvalue weighted by atomic mass is 16.7. The monoisotopic (exact) mass is 579 g/mol. The number of hydrogen-bond donors (Lipinski definition) is 0. The second kappa shape index (κ2) is 9.15. The largest absolute Gasteiger partial charge is 0.455 e. The minimum Gasteiger partial charge on any atom is -0.455 e. The summed E-state index contributed by atoms with van der Waals surface area (Å²) in [5, 5.41) is 7.95. The van der Waals surface area contributed by atoms with Gasteiger partial charge in [-0.25, -0.2) is 9.97 Å². The van der Waals surface area contributed by atoms with Crippen LogP contribution < -0.4 is 9.90 Å². The smallest absolute Gasteiger partial charge is 0.265 e. The summed E-state index contributed by atoms with van der Waals surface area (Å²) in [7, 11) is 0. The Labute approximate surface area is 260 Å². The predicted molar refractivity (Wildman–Crippen MR) is 182 cm³/mol. The Bertz CT molecular complexity index is 2760. The summed E-state index contributed by atoms with van der Waals surface area (Å²) in [6.07, 6.45) is 0. The third-order valence-electron chi connectivity index (χ3n) is 8.71. The summed E-state index contributed by atoms with van der Waals surface area (Å²) in [5.74, 6) is 0.752. The van der Waals surface area contributed by atoms with E-state index >= 15 is 0 Å². The number of aromatic nitrogens is 2. The molecule has 0 spiro atoms. The van der Waals surface area contributed by atoms with E-state index in [0.717, 1.165) is 65.6 Å². The molecule has 45 heavy (non-hydrogen) atoms. The van der Waals surface area contributed by atoms with Crippen molar-refractivity contribution in [3.63, 3.8) is 0 Å². The van der Waals surface area contributed by atoms with Crippen LogP contribution in [0.15, 0.2) is 144 Å². The van der Waals surface area contributed by atoms with Crippen LogP contribution in [-0.2, 0) is 0 Å². The van der Waals surface area contributed by atoms with Gasteiger partial charge >= 0.3 is 0 Å². The lowest BCUT2D eigenvalue weighted by atomic mass is 9.88. The molecule has 9 aromatic rings. The molecule has 0 N–H and O–H groups in total. The number of hydrogen-bond acceptors (Lipinski definition) is 5. The molecular weight excluding hydrogens is 554 g/mol. The molecule has 0 atom stereocenters. The third-order valence-corrected chi connectivity index (χ3v) is 8.71. The maximum atomic E-state index is 9.20. The van der Waals surface area contributed by atoms with Crippen LogP contribution in [0.1, 0.15) is 2.74 Å². The van der Waals surface area contributed by atoms with E-state index in [1.54, 1.807) is 11.1 Å². The molecule has 0 amide bonds. The van der Waals surface area contributed by atoms with Gasteiger partial charge in [0.05, 0.1) is 19.3 Å². The number of anilines is 2. The lowest BCUT2D eigenvalue weighted by Gasteiger charge is -2.33. The first-order chi connectivity index (χ1) is 23.2. The zero-order valence-electron chi connectivity index (χ0n) is 25.8. The summed E-state index contributed by atoms with van der Waals surface area (Å²) in [5.41, 5.74) is 6.08. The molecule has 5 heteroatoms. The number of fused-ring (bicyclic) bond motifs is 13. The van der Waals surface area contributed by atoms with Crippen molar-refractivity contribution in [2.75, 3.05) is 5.06 Å². The van der Waals surface area contributed by atoms with Crippen molar-refractivity contribution in [2.45, 2.75) is 0 Å². The highest BCUT2D eigenvalue weighted by Gasteiger charge is 2.35. The number of furan rings is 1. The zero-order valence-corrected chi connectivity index (χ0v) is 23.8. The van der Waals surface area contributed by atoms with E-state index in [-0.39, 0.29) is 6.04 Å². The summed E-state index contributed by atoms with van der Waals surface area (Å²) in [6, 6.07) is 42.3. The second-order valence-electron chi connectivity index (χ2n) is 11.2. The van der Waals surface area contributed by atoms with Crippen molar-refractivity contribution in [2.24, 2.45) is 0 Å². The average Bonchev–Trinajstić information content (AvgIpc) is 3.52. The van der Waals surface area contributed by atoms with Crippen molar-refractivity contribution in [1.82, 2.24) is 9.97 Å². The number of rotatable bonds is 2. The van der Waals surface area contributed by atoms with Gasteiger partial charge in [0.1, 0.15) is 16.9 Å². The minimum atomic E-state index is 0.257. The summed E-state index contributed by atoms with van der Waals surface area (Å²) in [6.45, 7) is 0. The van der Waals surface area contributed by atoms with E-state index in [1.165, 1.54) is 0 Å². The van der Waals surface area contributed by atoms with Gasteiger partial charge in [0.2, 0.25) is 0 Å². The zero-order chi connectivity index (χ0) is 31.2. The molecule has 10 rings (SSSR count). The first kappa shape index (κ1) is 22.4. The lowest BCUT2D eigenvalue weighted by Crippen LogP contribution is -2.28. The van der Waals surface area contributed by atoms with Crippen LogP contribution in [-0.4, -0.2) is 9.97 Å². The van der Waals surface area contributed by atoms with Crippen molar-refractivity contribution >= 4 is 66.0 Å². The highest BCUT2D eigenvalue weighted by Crippen LogP contribution is 2.55. The number of benzene rings is 7. The predicted octanol–water partition coefficient (Wildman–Crippen LogP) is 10.6. The van der Waals surface area contributed by atoms with Crippen LogP contribution in [0.25, 0.3) is 76.8 Å². The second-order valence-corrected chi connectivity index (χ2v) is 11.2. The molecule has 0 aliphatic carbocycles. The topological polar surface area (TPSA) is 51.4 Å². The lowest BCUT2D eigenvalue weighted by molar-refractivity contribution is 0.316. The van der Waals surface area contributed by atoms with E-state index in [9.17, 15) is 1.37 Å². The molecule has 5 nitrogen and oxygen atoms in total. The molecule has 2 aromatic heterocycles. The van der Waals surface area contributed by atoms with Gasteiger partial charge in [-0.15, -0.1) is 5.06 Å². The maximum absolute atomic E-state index is 9.20. The molecule has 0 saturated carbocycles. The quantitative estimate of drug-likeness (QED) is 0.204. The van der Waals surface area contributed by atoms with Gasteiger partial charge in [-0.1, -0.05) is 121 Å². The minimum absolute atomic E-state index is 0.257. The van der Waals surface area contributed by atoms with Crippen molar-refractivity contribution in [3.8, 4) is 28.1 Å².